The fourth-order valence-electron chi connectivity index (χ4n) is 5.86. The first-order valence-corrected chi connectivity index (χ1v) is 17.7. The van der Waals surface area contributed by atoms with Crippen molar-refractivity contribution in [2.24, 2.45) is 0 Å². The molecule has 0 saturated heterocycles. The van der Waals surface area contributed by atoms with Crippen molar-refractivity contribution in [3.05, 3.63) is 131 Å². The molecule has 0 radical (unpaired) electrons. The lowest BCUT2D eigenvalue weighted by molar-refractivity contribution is -0.158. The quantitative estimate of drug-likeness (QED) is 0.0753. The van der Waals surface area contributed by atoms with Crippen molar-refractivity contribution in [2.75, 3.05) is 33.0 Å². The van der Waals surface area contributed by atoms with Crippen LogP contribution in [0.2, 0.25) is 0 Å². The minimum atomic E-state index is -1.09. The summed E-state index contributed by atoms with van der Waals surface area (Å²) in [7, 11) is 0. The van der Waals surface area contributed by atoms with Gasteiger partial charge < -0.3 is 40.8 Å². The number of benzene rings is 4. The number of carbonyl (C=O) groups excluding carboxylic acids is 6. The van der Waals surface area contributed by atoms with E-state index in [-0.39, 0.29) is 32.3 Å². The summed E-state index contributed by atoms with van der Waals surface area (Å²) in [6, 6.07) is 32.8. The van der Waals surface area contributed by atoms with E-state index >= 15 is 0 Å². The smallest absolute Gasteiger partial charge is 0.407 e. The fraction of sp³-hybridized carbons (Fsp3) is 0.268. The Kier molecular flexibility index (Phi) is 14.5. The molecule has 1 aliphatic rings. The maximum Gasteiger partial charge on any atom is 0.407 e. The van der Waals surface area contributed by atoms with Crippen LogP contribution in [0, 0.1) is 0 Å². The van der Waals surface area contributed by atoms with E-state index in [0.717, 1.165) is 33.4 Å². The zero-order chi connectivity index (χ0) is 39.0. The third kappa shape index (κ3) is 12.0. The number of hydrogen-bond donors (Lipinski definition) is 5. The molecule has 0 aromatic heterocycles. The van der Waals surface area contributed by atoms with Crippen molar-refractivity contribution < 1.29 is 43.0 Å². The van der Waals surface area contributed by atoms with Crippen molar-refractivity contribution >= 4 is 35.7 Å². The molecule has 4 aromatic rings. The highest BCUT2D eigenvalue weighted by atomic mass is 16.6. The van der Waals surface area contributed by atoms with E-state index < -0.39 is 67.5 Å². The van der Waals surface area contributed by atoms with E-state index in [0.29, 0.717) is 0 Å². The zero-order valence-corrected chi connectivity index (χ0v) is 30.2. The molecule has 2 atom stereocenters. The highest BCUT2D eigenvalue weighted by Crippen LogP contribution is 2.44. The molecule has 5 rings (SSSR count). The van der Waals surface area contributed by atoms with Gasteiger partial charge in [-0.1, -0.05) is 109 Å². The van der Waals surface area contributed by atoms with Gasteiger partial charge in [0.15, 0.2) is 6.10 Å². The summed E-state index contributed by atoms with van der Waals surface area (Å²) in [5.41, 5.74) is 5.85. The summed E-state index contributed by atoms with van der Waals surface area (Å²) in [6.07, 6.45) is -1.64. The SMILES string of the molecule is C[C@@H](OCNC(=O)CNC(=O)[C@H](Cc1ccccc1)NC(=O)CNC(=O)CNC(=O)OCC1c2ccccc2-c2ccccc21)C(=O)OCc1ccccc1. The highest BCUT2D eigenvalue weighted by molar-refractivity contribution is 5.92. The van der Waals surface area contributed by atoms with Crippen LogP contribution in [0.5, 0.6) is 0 Å². The molecule has 55 heavy (non-hydrogen) atoms. The van der Waals surface area contributed by atoms with Crippen molar-refractivity contribution in [3.8, 4) is 11.1 Å². The molecule has 4 aromatic carbocycles. The maximum atomic E-state index is 13.1. The molecule has 5 amide bonds. The molecule has 5 N–H and O–H groups in total. The van der Waals surface area contributed by atoms with Crippen LogP contribution in [-0.4, -0.2) is 80.8 Å². The number of rotatable bonds is 18. The van der Waals surface area contributed by atoms with Gasteiger partial charge >= 0.3 is 12.1 Å². The van der Waals surface area contributed by atoms with Gasteiger partial charge in [-0.15, -0.1) is 0 Å². The molecule has 0 unspecified atom stereocenters. The van der Waals surface area contributed by atoms with Crippen LogP contribution in [0.4, 0.5) is 4.79 Å². The van der Waals surface area contributed by atoms with Crippen molar-refractivity contribution in [2.45, 2.75) is 38.0 Å². The normalized spacial score (nSPS) is 12.5. The Morgan fingerprint density at radius 1 is 0.600 bits per heavy atom. The summed E-state index contributed by atoms with van der Waals surface area (Å²) in [4.78, 5) is 75.5. The monoisotopic (exact) mass is 749 g/mol. The lowest BCUT2D eigenvalue weighted by Gasteiger charge is -2.19. The lowest BCUT2D eigenvalue weighted by atomic mass is 9.98. The Morgan fingerprint density at radius 3 is 1.80 bits per heavy atom. The Morgan fingerprint density at radius 2 is 1.15 bits per heavy atom. The fourth-order valence-corrected chi connectivity index (χ4v) is 5.86. The van der Waals surface area contributed by atoms with Crippen molar-refractivity contribution in [1.29, 1.82) is 0 Å². The van der Waals surface area contributed by atoms with E-state index in [4.69, 9.17) is 14.2 Å². The molecule has 0 fully saturated rings. The first-order chi connectivity index (χ1) is 26.7. The van der Waals surface area contributed by atoms with Crippen LogP contribution in [0.15, 0.2) is 109 Å². The lowest BCUT2D eigenvalue weighted by Crippen LogP contribution is -2.52. The second-order valence-corrected chi connectivity index (χ2v) is 12.6. The van der Waals surface area contributed by atoms with Crippen LogP contribution in [0.3, 0.4) is 0 Å². The van der Waals surface area contributed by atoms with Gasteiger partial charge in [-0.25, -0.2) is 9.59 Å². The van der Waals surface area contributed by atoms with Gasteiger partial charge in [-0.2, -0.15) is 0 Å². The molecule has 0 heterocycles. The largest absolute Gasteiger partial charge is 0.459 e. The summed E-state index contributed by atoms with van der Waals surface area (Å²) < 4.78 is 16.0. The average molecular weight is 750 g/mol. The number of nitrogens with one attached hydrogen (secondary N) is 5. The first-order valence-electron chi connectivity index (χ1n) is 17.7. The standard InChI is InChI=1S/C41H43N5O9/c1-27(40(51)53-24-29-14-6-3-7-15-29)55-26-45-37(48)21-43-39(50)35(20-28-12-4-2-5-13-28)46-38(49)23-42-36(47)22-44-41(52)54-25-34-32-18-10-8-16-30(32)31-17-9-11-19-33(31)34/h2-19,27,34-35H,20-26H2,1H3,(H,42,47)(H,43,50)(H,44,52)(H,45,48)(H,46,49)/t27-,35+/m1/s1. The minimum absolute atomic E-state index is 0.0788. The number of amides is 5. The number of alkyl carbamates (subject to hydrolysis) is 1. The molecule has 14 nitrogen and oxygen atoms in total. The highest BCUT2D eigenvalue weighted by Gasteiger charge is 2.29. The summed E-state index contributed by atoms with van der Waals surface area (Å²) in [6.45, 7) is -0.0144. The Balaban J connectivity index is 1.01. The van der Waals surface area contributed by atoms with Crippen LogP contribution in [-0.2, 0) is 51.2 Å². The zero-order valence-electron chi connectivity index (χ0n) is 30.2. The maximum absolute atomic E-state index is 13.1. The third-order valence-corrected chi connectivity index (χ3v) is 8.70. The van der Waals surface area contributed by atoms with Crippen LogP contribution in [0.25, 0.3) is 11.1 Å². The molecule has 1 aliphatic carbocycles. The van der Waals surface area contributed by atoms with Crippen LogP contribution >= 0.6 is 0 Å². The molecule has 0 saturated carbocycles. The van der Waals surface area contributed by atoms with E-state index in [1.54, 1.807) is 30.3 Å². The predicted octanol–water partition coefficient (Wildman–Crippen LogP) is 2.71. The number of hydrogen-bond acceptors (Lipinski definition) is 9. The second kappa shape index (κ2) is 20.1. The first kappa shape index (κ1) is 39.7. The van der Waals surface area contributed by atoms with Gasteiger partial charge in [0.1, 0.15) is 32.5 Å². The average Bonchev–Trinajstić information content (AvgIpc) is 3.53. The summed E-state index contributed by atoms with van der Waals surface area (Å²) >= 11 is 0. The van der Waals surface area contributed by atoms with Crippen molar-refractivity contribution in [3.63, 3.8) is 0 Å². The molecular weight excluding hydrogens is 706 g/mol. The second-order valence-electron chi connectivity index (χ2n) is 12.6. The van der Waals surface area contributed by atoms with Crippen LogP contribution in [0.1, 0.15) is 35.1 Å². The molecule has 0 spiro atoms. The van der Waals surface area contributed by atoms with Gasteiger partial charge in [0, 0.05) is 12.3 Å². The molecule has 0 bridgehead atoms. The van der Waals surface area contributed by atoms with E-state index in [1.807, 2.05) is 78.9 Å². The molecule has 0 aliphatic heterocycles. The predicted molar refractivity (Wildman–Crippen MR) is 201 cm³/mol. The number of fused-ring (bicyclic) bond motifs is 3. The number of ether oxygens (including phenoxy) is 3. The number of carbonyl (C=O) groups is 6. The topological polar surface area (TPSA) is 190 Å². The van der Waals surface area contributed by atoms with Crippen molar-refractivity contribution in [1.82, 2.24) is 26.6 Å². The molecule has 286 valence electrons. The van der Waals surface area contributed by atoms with Gasteiger partial charge in [0.25, 0.3) is 0 Å². The van der Waals surface area contributed by atoms with Gasteiger partial charge in [-0.3, -0.25) is 19.2 Å². The van der Waals surface area contributed by atoms with E-state index in [1.165, 1.54) is 6.92 Å². The third-order valence-electron chi connectivity index (χ3n) is 8.70. The summed E-state index contributed by atoms with van der Waals surface area (Å²) in [5, 5.41) is 12.3. The minimum Gasteiger partial charge on any atom is -0.459 e. The Labute approximate surface area is 318 Å². The molecule has 14 heteroatoms. The van der Waals surface area contributed by atoms with Crippen LogP contribution < -0.4 is 26.6 Å². The van der Waals surface area contributed by atoms with E-state index in [9.17, 15) is 28.8 Å². The Hall–Kier alpha value is -6.54. The van der Waals surface area contributed by atoms with E-state index in [2.05, 4.69) is 26.6 Å². The van der Waals surface area contributed by atoms with Gasteiger partial charge in [0.2, 0.25) is 23.6 Å². The molecular formula is C41H43N5O9. The summed E-state index contributed by atoms with van der Waals surface area (Å²) in [5.74, 6) is -3.30. The Bertz CT molecular complexity index is 1910. The van der Waals surface area contributed by atoms with Gasteiger partial charge in [0.05, 0.1) is 13.1 Å². The number of esters is 1. The van der Waals surface area contributed by atoms with Gasteiger partial charge in [-0.05, 0) is 40.3 Å².